The average molecular weight is 405 g/mol. The van der Waals surface area contributed by atoms with Crippen LogP contribution in [0, 0.1) is 15.9 Å². The largest absolute Gasteiger partial charge is 0.451 e. The predicted octanol–water partition coefficient (Wildman–Crippen LogP) is 5.01. The van der Waals surface area contributed by atoms with E-state index in [-0.39, 0.29) is 17.1 Å². The van der Waals surface area contributed by atoms with E-state index in [1.54, 1.807) is 6.07 Å². The molecule has 0 spiro atoms. The molecule has 0 radical (unpaired) electrons. The van der Waals surface area contributed by atoms with Crippen molar-refractivity contribution in [3.63, 3.8) is 0 Å². The van der Waals surface area contributed by atoms with Crippen LogP contribution in [-0.4, -0.2) is 10.8 Å². The zero-order chi connectivity index (χ0) is 18.0. The van der Waals surface area contributed by atoms with Gasteiger partial charge in [-0.2, -0.15) is 0 Å². The van der Waals surface area contributed by atoms with Crippen molar-refractivity contribution in [1.29, 1.82) is 0 Å². The van der Waals surface area contributed by atoms with Gasteiger partial charge in [0.2, 0.25) is 0 Å². The highest BCUT2D eigenvalue weighted by atomic mass is 79.9. The molecule has 3 aromatic rings. The third-order valence-electron chi connectivity index (χ3n) is 3.37. The van der Waals surface area contributed by atoms with E-state index < -0.39 is 16.6 Å². The van der Waals surface area contributed by atoms with E-state index in [9.17, 15) is 19.3 Å². The van der Waals surface area contributed by atoms with E-state index in [0.717, 1.165) is 28.2 Å². The Morgan fingerprint density at radius 1 is 1.12 bits per heavy atom. The molecule has 0 atom stereocenters. The molecule has 0 aliphatic rings. The molecule has 0 saturated heterocycles. The number of carbonyl (C=O) groups is 1. The molecular weight excluding hydrogens is 395 g/mol. The Kier molecular flexibility index (Phi) is 4.62. The summed E-state index contributed by atoms with van der Waals surface area (Å²) < 4.78 is 20.1. The first kappa shape index (κ1) is 16.8. The molecule has 0 unspecified atom stereocenters. The zero-order valence-electron chi connectivity index (χ0n) is 12.5. The van der Waals surface area contributed by atoms with Gasteiger partial charge in [0.1, 0.15) is 11.6 Å². The quantitative estimate of drug-likeness (QED) is 0.489. The molecule has 2 aromatic carbocycles. The first-order chi connectivity index (χ1) is 11.9. The van der Waals surface area contributed by atoms with Crippen LogP contribution in [0.5, 0.6) is 0 Å². The summed E-state index contributed by atoms with van der Waals surface area (Å²) in [6.07, 6.45) is 0. The summed E-state index contributed by atoms with van der Waals surface area (Å²) in [5.74, 6) is -1.05. The number of non-ortho nitro benzene ring substituents is 1. The van der Waals surface area contributed by atoms with Gasteiger partial charge in [-0.25, -0.2) is 4.39 Å². The second kappa shape index (κ2) is 6.86. The van der Waals surface area contributed by atoms with E-state index in [1.165, 1.54) is 6.07 Å². The maximum absolute atomic E-state index is 13.7. The van der Waals surface area contributed by atoms with Crippen LogP contribution < -0.4 is 5.32 Å². The first-order valence-corrected chi connectivity index (χ1v) is 7.84. The minimum atomic E-state index is -0.779. The van der Waals surface area contributed by atoms with Crippen molar-refractivity contribution in [1.82, 2.24) is 0 Å². The summed E-state index contributed by atoms with van der Waals surface area (Å²) in [6, 6.07) is 13.2. The molecule has 0 aliphatic heterocycles. The summed E-state index contributed by atoms with van der Waals surface area (Å²) in [4.78, 5) is 22.3. The number of carbonyl (C=O) groups excluding carboxylic acids is 1. The lowest BCUT2D eigenvalue weighted by atomic mass is 10.2. The number of hydrogen-bond donors (Lipinski definition) is 1. The number of benzene rings is 2. The van der Waals surface area contributed by atoms with Crippen molar-refractivity contribution in [3.8, 4) is 11.3 Å². The first-order valence-electron chi connectivity index (χ1n) is 7.05. The molecule has 3 rings (SSSR count). The highest BCUT2D eigenvalue weighted by Gasteiger charge is 2.17. The molecule has 1 N–H and O–H groups in total. The van der Waals surface area contributed by atoms with Gasteiger partial charge >= 0.3 is 0 Å². The van der Waals surface area contributed by atoms with Gasteiger partial charge in [0.15, 0.2) is 5.76 Å². The van der Waals surface area contributed by atoms with Crippen molar-refractivity contribution < 1.29 is 18.5 Å². The average Bonchev–Trinajstić information content (AvgIpc) is 3.07. The highest BCUT2D eigenvalue weighted by Crippen LogP contribution is 2.26. The lowest BCUT2D eigenvalue weighted by Gasteiger charge is -2.04. The molecule has 1 amide bonds. The monoisotopic (exact) mass is 404 g/mol. The van der Waals surface area contributed by atoms with Gasteiger partial charge < -0.3 is 9.73 Å². The van der Waals surface area contributed by atoms with Crippen LogP contribution >= 0.6 is 15.9 Å². The van der Waals surface area contributed by atoms with Crippen LogP contribution in [0.2, 0.25) is 0 Å². The van der Waals surface area contributed by atoms with Crippen molar-refractivity contribution in [2.24, 2.45) is 0 Å². The molecule has 6 nitrogen and oxygen atoms in total. The molecule has 0 bridgehead atoms. The Balaban J connectivity index is 1.82. The molecule has 1 heterocycles. The minimum Gasteiger partial charge on any atom is -0.451 e. The summed E-state index contributed by atoms with van der Waals surface area (Å²) in [6.45, 7) is 0. The van der Waals surface area contributed by atoms with Crippen LogP contribution in [-0.2, 0) is 0 Å². The highest BCUT2D eigenvalue weighted by molar-refractivity contribution is 9.10. The maximum Gasteiger partial charge on any atom is 0.291 e. The second-order valence-corrected chi connectivity index (χ2v) is 5.96. The Hall–Kier alpha value is -3.00. The summed E-state index contributed by atoms with van der Waals surface area (Å²) in [5.41, 5.74) is 0.149. The van der Waals surface area contributed by atoms with E-state index in [4.69, 9.17) is 4.42 Å². The summed E-state index contributed by atoms with van der Waals surface area (Å²) >= 11 is 3.33. The lowest BCUT2D eigenvalue weighted by Crippen LogP contribution is -2.12. The van der Waals surface area contributed by atoms with Crippen LogP contribution in [0.4, 0.5) is 15.8 Å². The van der Waals surface area contributed by atoms with Crippen molar-refractivity contribution in [2.75, 3.05) is 5.32 Å². The molecule has 126 valence electrons. The van der Waals surface area contributed by atoms with Crippen LogP contribution in [0.15, 0.2) is 63.5 Å². The minimum absolute atomic E-state index is 0.0381. The number of hydrogen-bond acceptors (Lipinski definition) is 4. The van der Waals surface area contributed by atoms with Crippen LogP contribution in [0.25, 0.3) is 11.3 Å². The fourth-order valence-corrected chi connectivity index (χ4v) is 2.40. The number of halogens is 2. The number of nitro groups is 1. The zero-order valence-corrected chi connectivity index (χ0v) is 14.1. The molecule has 8 heteroatoms. The van der Waals surface area contributed by atoms with Gasteiger partial charge in [-0.3, -0.25) is 14.9 Å². The van der Waals surface area contributed by atoms with Crippen LogP contribution in [0.1, 0.15) is 10.6 Å². The van der Waals surface area contributed by atoms with E-state index in [2.05, 4.69) is 21.2 Å². The van der Waals surface area contributed by atoms with Gasteiger partial charge in [-0.1, -0.05) is 28.1 Å². The van der Waals surface area contributed by atoms with E-state index in [0.29, 0.717) is 5.76 Å². The molecule has 0 fully saturated rings. The van der Waals surface area contributed by atoms with Crippen molar-refractivity contribution in [2.45, 2.75) is 0 Å². The number of nitro benzene ring substituents is 1. The lowest BCUT2D eigenvalue weighted by molar-refractivity contribution is -0.384. The second-order valence-electron chi connectivity index (χ2n) is 5.05. The summed E-state index contributed by atoms with van der Waals surface area (Å²) in [7, 11) is 0. The predicted molar refractivity (Wildman–Crippen MR) is 92.9 cm³/mol. The topological polar surface area (TPSA) is 85.4 Å². The molecule has 0 aliphatic carbocycles. The van der Waals surface area contributed by atoms with Gasteiger partial charge in [-0.15, -0.1) is 0 Å². The Morgan fingerprint density at radius 2 is 1.84 bits per heavy atom. The third-order valence-corrected chi connectivity index (χ3v) is 3.90. The Labute approximate surface area is 149 Å². The van der Waals surface area contributed by atoms with Crippen LogP contribution in [0.3, 0.4) is 0 Å². The smallest absolute Gasteiger partial charge is 0.291 e. The number of rotatable bonds is 4. The molecule has 25 heavy (non-hydrogen) atoms. The fourth-order valence-electron chi connectivity index (χ4n) is 2.14. The Morgan fingerprint density at radius 3 is 2.52 bits per heavy atom. The number of furan rings is 1. The Bertz CT molecular complexity index is 954. The van der Waals surface area contributed by atoms with Gasteiger partial charge in [-0.05, 0) is 30.3 Å². The van der Waals surface area contributed by atoms with Crippen molar-refractivity contribution in [3.05, 3.63) is 80.8 Å². The molecule has 1 aromatic heterocycles. The van der Waals surface area contributed by atoms with Gasteiger partial charge in [0.25, 0.3) is 11.6 Å². The van der Waals surface area contributed by atoms with E-state index in [1.807, 2.05) is 24.3 Å². The number of nitrogens with one attached hydrogen (secondary N) is 1. The number of nitrogens with zero attached hydrogens (tertiary/aromatic N) is 1. The molecule has 0 saturated carbocycles. The normalized spacial score (nSPS) is 10.5. The standard InChI is InChI=1S/C17H10BrFN2O4/c18-11-3-1-10(2-4-11)15-7-8-16(25-15)17(22)20-14-9-12(21(23)24)5-6-13(14)19/h1-9H,(H,20,22). The third kappa shape index (κ3) is 3.74. The summed E-state index contributed by atoms with van der Waals surface area (Å²) in [5, 5.41) is 13.0. The van der Waals surface area contributed by atoms with Gasteiger partial charge in [0, 0.05) is 22.2 Å². The van der Waals surface area contributed by atoms with Crippen molar-refractivity contribution >= 4 is 33.2 Å². The van der Waals surface area contributed by atoms with E-state index >= 15 is 0 Å². The number of amides is 1. The molecular formula is C17H10BrFN2O4. The fraction of sp³-hybridized carbons (Fsp3) is 0. The maximum atomic E-state index is 13.7. The SMILES string of the molecule is O=C(Nc1cc([N+](=O)[O-])ccc1F)c1ccc(-c2ccc(Br)cc2)o1. The van der Waals surface area contributed by atoms with Gasteiger partial charge in [0.05, 0.1) is 10.6 Å². The number of anilines is 1.